The van der Waals surface area contributed by atoms with Gasteiger partial charge < -0.3 is 19.3 Å². The third-order valence-electron chi connectivity index (χ3n) is 5.12. The lowest BCUT2D eigenvalue weighted by Crippen LogP contribution is -2.32. The maximum absolute atomic E-state index is 12.8. The largest absolute Gasteiger partial charge is 0.486 e. The van der Waals surface area contributed by atoms with Gasteiger partial charge >= 0.3 is 0 Å². The van der Waals surface area contributed by atoms with Gasteiger partial charge in [-0.25, -0.2) is 0 Å². The van der Waals surface area contributed by atoms with Crippen molar-refractivity contribution in [2.24, 2.45) is 13.0 Å². The number of carbonyl (C=O) groups excluding carboxylic acids is 1. The Morgan fingerprint density at radius 2 is 1.93 bits per heavy atom. The van der Waals surface area contributed by atoms with E-state index in [9.17, 15) is 4.79 Å². The van der Waals surface area contributed by atoms with Crippen LogP contribution in [0.5, 0.6) is 11.5 Å². The Morgan fingerprint density at radius 1 is 1.17 bits per heavy atom. The van der Waals surface area contributed by atoms with Crippen LogP contribution in [0.3, 0.4) is 0 Å². The number of aromatic nitrogens is 3. The second-order valence-electron chi connectivity index (χ2n) is 7.44. The zero-order chi connectivity index (χ0) is 20.5. The van der Waals surface area contributed by atoms with Crippen LogP contribution in [0.4, 0.5) is 0 Å². The van der Waals surface area contributed by atoms with Crippen molar-refractivity contribution in [1.29, 1.82) is 0 Å². The maximum atomic E-state index is 12.8. The smallest absolute Gasteiger partial charge is 0.273 e. The molecule has 1 aliphatic heterocycles. The van der Waals surface area contributed by atoms with Crippen molar-refractivity contribution in [1.82, 2.24) is 20.3 Å². The van der Waals surface area contributed by atoms with Gasteiger partial charge in [-0.15, -0.1) is 0 Å². The van der Waals surface area contributed by atoms with E-state index in [0.29, 0.717) is 24.7 Å². The van der Waals surface area contributed by atoms with Gasteiger partial charge in [0, 0.05) is 18.8 Å². The van der Waals surface area contributed by atoms with Crippen molar-refractivity contribution in [3.8, 4) is 22.8 Å². The second kappa shape index (κ2) is 7.62. The van der Waals surface area contributed by atoms with Crippen molar-refractivity contribution < 1.29 is 18.8 Å². The van der Waals surface area contributed by atoms with E-state index >= 15 is 0 Å². The Balaban J connectivity index is 1.55. The molecule has 0 bridgehead atoms. The first kappa shape index (κ1) is 19.0. The van der Waals surface area contributed by atoms with Crippen LogP contribution in [0.2, 0.25) is 0 Å². The Bertz CT molecular complexity index is 1040. The number of ether oxygens (including phenoxy) is 2. The minimum absolute atomic E-state index is 0.161. The molecule has 0 saturated carbocycles. The first-order chi connectivity index (χ1) is 13.9. The summed E-state index contributed by atoms with van der Waals surface area (Å²) >= 11 is 0. The van der Waals surface area contributed by atoms with Gasteiger partial charge in [-0.3, -0.25) is 9.48 Å². The minimum atomic E-state index is -0.296. The summed E-state index contributed by atoms with van der Waals surface area (Å²) in [5, 5.41) is 11.2. The molecule has 0 unspecified atom stereocenters. The highest BCUT2D eigenvalue weighted by atomic mass is 16.6. The molecule has 29 heavy (non-hydrogen) atoms. The summed E-state index contributed by atoms with van der Waals surface area (Å²) in [6.07, 6.45) is 1.70. The van der Waals surface area contributed by atoms with Gasteiger partial charge in [0.15, 0.2) is 23.0 Å². The topological polar surface area (TPSA) is 91.4 Å². The van der Waals surface area contributed by atoms with Gasteiger partial charge in [0.2, 0.25) is 0 Å². The van der Waals surface area contributed by atoms with Crippen LogP contribution in [-0.4, -0.2) is 34.1 Å². The van der Waals surface area contributed by atoms with Gasteiger partial charge in [-0.05, 0) is 30.5 Å². The third kappa shape index (κ3) is 3.70. The molecular weight excluding hydrogens is 372 g/mol. The lowest BCUT2D eigenvalue weighted by Gasteiger charge is -2.25. The van der Waals surface area contributed by atoms with Crippen LogP contribution in [0, 0.1) is 12.8 Å². The predicted molar refractivity (Wildman–Crippen MR) is 106 cm³/mol. The van der Waals surface area contributed by atoms with E-state index in [-0.39, 0.29) is 23.6 Å². The van der Waals surface area contributed by atoms with E-state index in [2.05, 4.69) is 29.4 Å². The van der Waals surface area contributed by atoms with E-state index in [4.69, 9.17) is 14.0 Å². The average Bonchev–Trinajstić information content (AvgIpc) is 3.33. The molecule has 0 aliphatic carbocycles. The van der Waals surface area contributed by atoms with Crippen LogP contribution >= 0.6 is 0 Å². The number of nitrogens with zero attached hydrogens (tertiary/aromatic N) is 3. The van der Waals surface area contributed by atoms with Crippen LogP contribution in [-0.2, 0) is 7.05 Å². The number of hydrogen-bond donors (Lipinski definition) is 1. The number of fused-ring (bicyclic) bond motifs is 1. The summed E-state index contributed by atoms with van der Waals surface area (Å²) in [7, 11) is 1.85. The second-order valence-corrected chi connectivity index (χ2v) is 7.44. The molecule has 0 fully saturated rings. The Morgan fingerprint density at radius 3 is 2.62 bits per heavy atom. The molecular formula is C21H24N4O4. The zero-order valence-corrected chi connectivity index (χ0v) is 16.9. The van der Waals surface area contributed by atoms with Crippen molar-refractivity contribution in [2.45, 2.75) is 26.8 Å². The monoisotopic (exact) mass is 396 g/mol. The number of nitrogens with one attached hydrogen (secondary N) is 1. The molecule has 1 aromatic carbocycles. The van der Waals surface area contributed by atoms with Gasteiger partial charge in [0.25, 0.3) is 5.91 Å². The molecule has 2 aromatic heterocycles. The van der Waals surface area contributed by atoms with E-state index in [0.717, 1.165) is 22.6 Å². The fourth-order valence-electron chi connectivity index (χ4n) is 3.35. The molecule has 8 heteroatoms. The number of amides is 1. The number of benzene rings is 1. The van der Waals surface area contributed by atoms with Gasteiger partial charge in [-0.1, -0.05) is 25.1 Å². The molecule has 0 radical (unpaired) electrons. The molecule has 1 amide bonds. The van der Waals surface area contributed by atoms with Gasteiger partial charge in [-0.2, -0.15) is 5.10 Å². The summed E-state index contributed by atoms with van der Waals surface area (Å²) in [4.78, 5) is 12.8. The molecule has 152 valence electrons. The zero-order valence-electron chi connectivity index (χ0n) is 16.9. The molecule has 3 aromatic rings. The molecule has 8 nitrogen and oxygen atoms in total. The molecule has 0 saturated heterocycles. The molecule has 0 spiro atoms. The first-order valence-corrected chi connectivity index (χ1v) is 9.60. The summed E-state index contributed by atoms with van der Waals surface area (Å²) in [5.41, 5.74) is 2.92. The Kier molecular flexibility index (Phi) is 5.00. The van der Waals surface area contributed by atoms with Crippen molar-refractivity contribution in [2.75, 3.05) is 13.2 Å². The third-order valence-corrected chi connectivity index (χ3v) is 5.12. The number of hydrogen-bond acceptors (Lipinski definition) is 6. The van der Waals surface area contributed by atoms with Crippen molar-refractivity contribution in [3.05, 3.63) is 47.4 Å². The molecule has 3 heterocycles. The molecule has 1 N–H and O–H groups in total. The van der Waals surface area contributed by atoms with Gasteiger partial charge in [0.1, 0.15) is 13.2 Å². The van der Waals surface area contributed by atoms with E-state index in [1.54, 1.807) is 16.9 Å². The Hall–Kier alpha value is -3.29. The molecule has 1 atom stereocenters. The highest BCUT2D eigenvalue weighted by Gasteiger charge is 2.24. The molecule has 1 aliphatic rings. The number of aryl methyl sites for hydroxylation is 1. The summed E-state index contributed by atoms with van der Waals surface area (Å²) in [5.74, 6) is 1.80. The molecule has 4 rings (SSSR count). The van der Waals surface area contributed by atoms with E-state index in [1.807, 2.05) is 32.2 Å². The minimum Gasteiger partial charge on any atom is -0.486 e. The van der Waals surface area contributed by atoms with E-state index in [1.165, 1.54) is 0 Å². The van der Waals surface area contributed by atoms with Crippen LogP contribution in [0.25, 0.3) is 11.3 Å². The quantitative estimate of drug-likeness (QED) is 0.712. The lowest BCUT2D eigenvalue weighted by atomic mass is 9.95. The summed E-state index contributed by atoms with van der Waals surface area (Å²) < 4.78 is 18.4. The van der Waals surface area contributed by atoms with E-state index < -0.39 is 0 Å². The van der Waals surface area contributed by atoms with Crippen molar-refractivity contribution >= 4 is 5.91 Å². The predicted octanol–water partition coefficient (Wildman–Crippen LogP) is 3.28. The normalized spacial score (nSPS) is 14.1. The fraction of sp³-hybridized carbons (Fsp3) is 0.381. The fourth-order valence-corrected chi connectivity index (χ4v) is 3.35. The highest BCUT2D eigenvalue weighted by Crippen LogP contribution is 2.34. The SMILES string of the molecule is Cc1c(-c2cc(C(=O)N[C@H](c3ccc4c(c3)OCCO4)C(C)C)no2)cnn1C. The number of rotatable bonds is 5. The summed E-state index contributed by atoms with van der Waals surface area (Å²) in [6.45, 7) is 7.09. The standard InChI is InChI=1S/C21H24N4O4/c1-12(2)20(14-5-6-17-19(9-14)28-8-7-27-17)23-21(26)16-10-18(29-24-16)15-11-22-25(4)13(15)3/h5-6,9-12,20H,7-8H2,1-4H3,(H,23,26)/t20-/m0/s1. The van der Waals surface area contributed by atoms with Crippen LogP contribution in [0.1, 0.15) is 41.6 Å². The first-order valence-electron chi connectivity index (χ1n) is 9.60. The van der Waals surface area contributed by atoms with Crippen LogP contribution < -0.4 is 14.8 Å². The summed E-state index contributed by atoms with van der Waals surface area (Å²) in [6, 6.07) is 7.18. The van der Waals surface area contributed by atoms with Gasteiger partial charge in [0.05, 0.1) is 17.8 Å². The number of carbonyl (C=O) groups is 1. The Labute approximate surface area is 168 Å². The van der Waals surface area contributed by atoms with Crippen LogP contribution in [0.15, 0.2) is 35.0 Å². The maximum Gasteiger partial charge on any atom is 0.273 e. The van der Waals surface area contributed by atoms with Crippen molar-refractivity contribution in [3.63, 3.8) is 0 Å². The lowest BCUT2D eigenvalue weighted by molar-refractivity contribution is 0.0916. The average molecular weight is 396 g/mol. The highest BCUT2D eigenvalue weighted by molar-refractivity contribution is 5.93.